The molecule has 0 aliphatic carbocycles. The van der Waals surface area contributed by atoms with E-state index >= 15 is 0 Å². The number of carbonyl (C=O) groups is 1. The fourth-order valence-electron chi connectivity index (χ4n) is 3.60. The molecule has 2 N–H and O–H groups in total. The minimum Gasteiger partial charge on any atom is -0.473 e. The highest BCUT2D eigenvalue weighted by Gasteiger charge is 2.23. The Hall–Kier alpha value is -3.09. The number of likely N-dealkylation sites (tertiary alicyclic amines) is 1. The molecule has 3 rings (SSSR count). The van der Waals surface area contributed by atoms with Crippen LogP contribution in [0.4, 0.5) is 0 Å². The van der Waals surface area contributed by atoms with Crippen LogP contribution < -0.4 is 15.4 Å². The number of ether oxygens (including phenoxy) is 1. The van der Waals surface area contributed by atoms with Crippen LogP contribution in [0, 0.1) is 5.92 Å². The van der Waals surface area contributed by atoms with Gasteiger partial charge in [0.15, 0.2) is 5.96 Å². The van der Waals surface area contributed by atoms with Crippen molar-refractivity contribution in [2.45, 2.75) is 32.4 Å². The number of aromatic nitrogens is 1. The Bertz CT molecular complexity index is 832. The van der Waals surface area contributed by atoms with Crippen molar-refractivity contribution in [1.82, 2.24) is 20.5 Å². The number of nitrogens with one attached hydrogen (secondary N) is 2. The molecule has 30 heavy (non-hydrogen) atoms. The van der Waals surface area contributed by atoms with Gasteiger partial charge in [-0.1, -0.05) is 30.3 Å². The molecular weight excluding hydrogens is 378 g/mol. The van der Waals surface area contributed by atoms with Gasteiger partial charge in [0.25, 0.3) is 0 Å². The number of aliphatic imine (C=N–C) groups is 1. The van der Waals surface area contributed by atoms with Gasteiger partial charge in [-0.25, -0.2) is 4.98 Å². The van der Waals surface area contributed by atoms with E-state index in [4.69, 9.17) is 4.74 Å². The van der Waals surface area contributed by atoms with Crippen LogP contribution >= 0.6 is 0 Å². The Morgan fingerprint density at radius 2 is 1.97 bits per heavy atom. The summed E-state index contributed by atoms with van der Waals surface area (Å²) >= 11 is 0. The normalized spacial score (nSPS) is 15.0. The molecule has 7 heteroatoms. The zero-order chi connectivity index (χ0) is 21.2. The van der Waals surface area contributed by atoms with Gasteiger partial charge in [0.1, 0.15) is 6.61 Å². The molecule has 0 saturated carbocycles. The Morgan fingerprint density at radius 3 is 2.67 bits per heavy atom. The second-order valence-corrected chi connectivity index (χ2v) is 7.49. The maximum Gasteiger partial charge on any atom is 0.220 e. The fourth-order valence-corrected chi connectivity index (χ4v) is 3.60. The van der Waals surface area contributed by atoms with Gasteiger partial charge in [-0.2, -0.15) is 0 Å². The van der Waals surface area contributed by atoms with E-state index in [1.165, 1.54) is 0 Å². The van der Waals surface area contributed by atoms with Gasteiger partial charge in [0.05, 0.1) is 0 Å². The molecule has 1 aliphatic rings. The number of carbonyl (C=O) groups excluding carboxylic acids is 1. The van der Waals surface area contributed by atoms with Crippen molar-refractivity contribution < 1.29 is 9.53 Å². The molecule has 1 aliphatic heterocycles. The SMILES string of the molecule is CN=C(NCc1ccnc(OCc2ccccc2)c1)N1CCC(CC(=O)NC)CC1. The first-order valence-corrected chi connectivity index (χ1v) is 10.5. The lowest BCUT2D eigenvalue weighted by molar-refractivity contribution is -0.121. The number of piperidine rings is 1. The minimum absolute atomic E-state index is 0.124. The molecule has 0 atom stereocenters. The first kappa shape index (κ1) is 21.6. The van der Waals surface area contributed by atoms with Crippen LogP contribution in [-0.2, 0) is 17.9 Å². The molecule has 2 heterocycles. The van der Waals surface area contributed by atoms with Gasteiger partial charge in [0, 0.05) is 52.4 Å². The molecule has 0 spiro atoms. The van der Waals surface area contributed by atoms with Crippen molar-refractivity contribution in [3.8, 4) is 5.88 Å². The highest BCUT2D eigenvalue weighted by atomic mass is 16.5. The van der Waals surface area contributed by atoms with E-state index in [0.29, 0.717) is 31.4 Å². The number of hydrogen-bond donors (Lipinski definition) is 2. The number of hydrogen-bond acceptors (Lipinski definition) is 4. The largest absolute Gasteiger partial charge is 0.473 e. The zero-order valence-electron chi connectivity index (χ0n) is 17.8. The van der Waals surface area contributed by atoms with Crippen LogP contribution in [0.2, 0.25) is 0 Å². The maximum atomic E-state index is 11.6. The maximum absolute atomic E-state index is 11.6. The van der Waals surface area contributed by atoms with Crippen molar-refractivity contribution in [3.63, 3.8) is 0 Å². The lowest BCUT2D eigenvalue weighted by Gasteiger charge is -2.34. The summed E-state index contributed by atoms with van der Waals surface area (Å²) in [6.07, 6.45) is 4.38. The van der Waals surface area contributed by atoms with Crippen molar-refractivity contribution in [3.05, 3.63) is 59.8 Å². The molecule has 0 unspecified atom stereocenters. The van der Waals surface area contributed by atoms with Crippen molar-refractivity contribution in [1.29, 1.82) is 0 Å². The number of rotatable bonds is 7. The third-order valence-corrected chi connectivity index (χ3v) is 5.36. The second-order valence-electron chi connectivity index (χ2n) is 7.49. The van der Waals surface area contributed by atoms with E-state index in [1.807, 2.05) is 42.5 Å². The molecule has 160 valence electrons. The summed E-state index contributed by atoms with van der Waals surface area (Å²) in [6.45, 7) is 2.96. The van der Waals surface area contributed by atoms with Gasteiger partial charge in [-0.05, 0) is 36.0 Å². The third-order valence-electron chi connectivity index (χ3n) is 5.36. The topological polar surface area (TPSA) is 78.9 Å². The van der Waals surface area contributed by atoms with Gasteiger partial charge >= 0.3 is 0 Å². The average molecular weight is 410 g/mol. The highest BCUT2D eigenvalue weighted by molar-refractivity contribution is 5.80. The van der Waals surface area contributed by atoms with Crippen LogP contribution in [0.3, 0.4) is 0 Å². The average Bonchev–Trinajstić information content (AvgIpc) is 2.80. The Morgan fingerprint density at radius 1 is 1.20 bits per heavy atom. The quantitative estimate of drug-likeness (QED) is 0.543. The molecule has 1 aromatic heterocycles. The molecule has 0 radical (unpaired) electrons. The monoisotopic (exact) mass is 409 g/mol. The number of benzene rings is 1. The van der Waals surface area contributed by atoms with Gasteiger partial charge in [-0.3, -0.25) is 9.79 Å². The summed E-state index contributed by atoms with van der Waals surface area (Å²) in [7, 11) is 3.50. The molecule has 1 saturated heterocycles. The minimum atomic E-state index is 0.124. The Kier molecular flexibility index (Phi) is 8.06. The molecule has 2 aromatic rings. The van der Waals surface area contributed by atoms with Crippen LogP contribution in [0.15, 0.2) is 53.7 Å². The molecule has 1 amide bonds. The molecule has 0 bridgehead atoms. The Balaban J connectivity index is 1.47. The van der Waals surface area contributed by atoms with E-state index in [1.54, 1.807) is 20.3 Å². The van der Waals surface area contributed by atoms with E-state index in [9.17, 15) is 4.79 Å². The van der Waals surface area contributed by atoms with Crippen LogP contribution in [0.5, 0.6) is 5.88 Å². The van der Waals surface area contributed by atoms with Gasteiger partial charge in [-0.15, -0.1) is 0 Å². The summed E-state index contributed by atoms with van der Waals surface area (Å²) in [5, 5.41) is 6.15. The zero-order valence-corrected chi connectivity index (χ0v) is 17.8. The van der Waals surface area contributed by atoms with E-state index in [2.05, 4.69) is 25.5 Å². The van der Waals surface area contributed by atoms with Crippen LogP contribution in [0.25, 0.3) is 0 Å². The van der Waals surface area contributed by atoms with E-state index in [-0.39, 0.29) is 5.91 Å². The third kappa shape index (κ3) is 6.47. The van der Waals surface area contributed by atoms with Crippen molar-refractivity contribution >= 4 is 11.9 Å². The highest BCUT2D eigenvalue weighted by Crippen LogP contribution is 2.20. The summed E-state index contributed by atoms with van der Waals surface area (Å²) < 4.78 is 5.82. The molecule has 1 aromatic carbocycles. The van der Waals surface area contributed by atoms with E-state index < -0.39 is 0 Å². The number of guanidine groups is 1. The predicted molar refractivity (Wildman–Crippen MR) is 118 cm³/mol. The van der Waals surface area contributed by atoms with Crippen LogP contribution in [-0.4, -0.2) is 48.9 Å². The standard InChI is InChI=1S/C23H31N5O2/c1-24-21(29)14-18-9-12-28(13-10-18)23(25-2)27-16-20-8-11-26-22(15-20)30-17-19-6-4-3-5-7-19/h3-8,11,15,18H,9-10,12-14,16-17H2,1-2H3,(H,24,29)(H,25,27). The van der Waals surface area contributed by atoms with Crippen molar-refractivity contribution in [2.75, 3.05) is 27.2 Å². The number of nitrogens with zero attached hydrogens (tertiary/aromatic N) is 3. The fraction of sp³-hybridized carbons (Fsp3) is 0.435. The first-order valence-electron chi connectivity index (χ1n) is 10.5. The summed E-state index contributed by atoms with van der Waals surface area (Å²) in [6, 6.07) is 14.0. The molecule has 1 fully saturated rings. The van der Waals surface area contributed by atoms with Crippen LogP contribution in [0.1, 0.15) is 30.4 Å². The van der Waals surface area contributed by atoms with E-state index in [0.717, 1.165) is 43.0 Å². The van der Waals surface area contributed by atoms with Gasteiger partial charge < -0.3 is 20.3 Å². The summed E-state index contributed by atoms with van der Waals surface area (Å²) in [4.78, 5) is 22.6. The molecule has 7 nitrogen and oxygen atoms in total. The lowest BCUT2D eigenvalue weighted by atomic mass is 9.93. The summed E-state index contributed by atoms with van der Waals surface area (Å²) in [5.74, 6) is 2.07. The predicted octanol–water partition coefficient (Wildman–Crippen LogP) is 2.58. The van der Waals surface area contributed by atoms with Gasteiger partial charge in [0.2, 0.25) is 11.8 Å². The van der Waals surface area contributed by atoms with Crippen molar-refractivity contribution in [2.24, 2.45) is 10.9 Å². The second kappa shape index (κ2) is 11.2. The lowest BCUT2D eigenvalue weighted by Crippen LogP contribution is -2.45. The number of amides is 1. The summed E-state index contributed by atoms with van der Waals surface area (Å²) in [5.41, 5.74) is 2.20. The number of pyridine rings is 1. The first-order chi connectivity index (χ1) is 14.7. The smallest absolute Gasteiger partial charge is 0.220 e. The Labute approximate surface area is 178 Å². The molecular formula is C23H31N5O2.